The van der Waals surface area contributed by atoms with E-state index in [1.165, 1.54) is 6.20 Å². The highest BCUT2D eigenvalue weighted by Gasteiger charge is 2.22. The summed E-state index contributed by atoms with van der Waals surface area (Å²) in [6, 6.07) is 2.79. The molecule has 2 aromatic rings. The minimum atomic E-state index is -1.32. The fraction of sp³-hybridized carbons (Fsp3) is 0.545. The van der Waals surface area contributed by atoms with Crippen molar-refractivity contribution in [2.75, 3.05) is 70.6 Å². The van der Waals surface area contributed by atoms with Crippen molar-refractivity contribution < 1.29 is 23.8 Å². The van der Waals surface area contributed by atoms with E-state index in [0.717, 1.165) is 25.7 Å². The smallest absolute Gasteiger partial charge is 0.341 e. The lowest BCUT2D eigenvalue weighted by molar-refractivity contribution is 0.0405. The summed E-state index contributed by atoms with van der Waals surface area (Å²) in [5.74, 6) is -1.86. The Kier molecular flexibility index (Phi) is 9.23. The maximum atomic E-state index is 15.0. The van der Waals surface area contributed by atoms with Crippen LogP contribution in [0.5, 0.6) is 0 Å². The van der Waals surface area contributed by atoms with Gasteiger partial charge < -0.3 is 24.0 Å². The number of pyridine rings is 1. The second-order valence-corrected chi connectivity index (χ2v) is 7.79. The quantitative estimate of drug-likeness (QED) is 0.215. The summed E-state index contributed by atoms with van der Waals surface area (Å²) in [6.07, 6.45) is 1.32. The average Bonchev–Trinajstić information content (AvgIpc) is 2.83. The minimum absolute atomic E-state index is 0.0700. The number of fused-ring (bicyclic) bond motifs is 1. The van der Waals surface area contributed by atoms with Crippen LogP contribution < -0.4 is 10.3 Å². The number of carboxylic acids is 1. The van der Waals surface area contributed by atoms with E-state index in [9.17, 15) is 19.1 Å². The van der Waals surface area contributed by atoms with Gasteiger partial charge in [0.1, 0.15) is 11.4 Å². The number of anilines is 1. The number of hydrogen-bond donors (Lipinski definition) is 1. The van der Waals surface area contributed by atoms with Crippen molar-refractivity contribution in [1.82, 2.24) is 9.47 Å². The van der Waals surface area contributed by atoms with E-state index in [1.54, 1.807) is 10.6 Å². The Labute approximate surface area is 195 Å². The highest BCUT2D eigenvalue weighted by molar-refractivity contribution is 5.93. The normalized spacial score (nSPS) is 14.4. The van der Waals surface area contributed by atoms with Crippen molar-refractivity contribution in [2.45, 2.75) is 13.5 Å². The molecule has 1 aromatic carbocycles. The summed E-state index contributed by atoms with van der Waals surface area (Å²) < 4.78 is 27.5. The van der Waals surface area contributed by atoms with Crippen LogP contribution in [0.1, 0.15) is 17.3 Å². The molecular formula is C22H29FN6O5. The number of aromatic carboxylic acids is 1. The first kappa shape index (κ1) is 25.4. The van der Waals surface area contributed by atoms with Gasteiger partial charge in [0.25, 0.3) is 0 Å². The van der Waals surface area contributed by atoms with Crippen molar-refractivity contribution >= 4 is 22.6 Å². The summed E-state index contributed by atoms with van der Waals surface area (Å²) in [7, 11) is 0. The molecule has 1 saturated heterocycles. The Morgan fingerprint density at radius 2 is 1.88 bits per heavy atom. The van der Waals surface area contributed by atoms with Gasteiger partial charge in [0.15, 0.2) is 0 Å². The zero-order valence-corrected chi connectivity index (χ0v) is 19.2. The predicted molar refractivity (Wildman–Crippen MR) is 125 cm³/mol. The molecule has 0 radical (unpaired) electrons. The molecule has 3 rings (SSSR count). The van der Waals surface area contributed by atoms with E-state index in [1.807, 2.05) is 11.8 Å². The second-order valence-electron chi connectivity index (χ2n) is 7.79. The molecule has 1 aliphatic rings. The molecule has 0 unspecified atom stereocenters. The molecule has 12 heteroatoms. The zero-order valence-electron chi connectivity index (χ0n) is 19.2. The number of halogens is 1. The largest absolute Gasteiger partial charge is 0.477 e. The number of rotatable bonds is 12. The molecule has 1 aliphatic heterocycles. The van der Waals surface area contributed by atoms with Crippen LogP contribution in [0, 0.1) is 5.82 Å². The van der Waals surface area contributed by atoms with Crippen LogP contribution in [0.2, 0.25) is 0 Å². The molecule has 0 saturated carbocycles. The molecule has 2 heterocycles. The molecule has 0 atom stereocenters. The van der Waals surface area contributed by atoms with Gasteiger partial charge in [0.05, 0.1) is 37.6 Å². The molecule has 1 aromatic heterocycles. The van der Waals surface area contributed by atoms with Crippen molar-refractivity contribution in [2.24, 2.45) is 5.11 Å². The van der Waals surface area contributed by atoms with Gasteiger partial charge in [-0.15, -0.1) is 0 Å². The van der Waals surface area contributed by atoms with E-state index in [0.29, 0.717) is 63.8 Å². The molecule has 0 spiro atoms. The van der Waals surface area contributed by atoms with Gasteiger partial charge in [-0.2, -0.15) is 0 Å². The molecule has 184 valence electrons. The van der Waals surface area contributed by atoms with E-state index >= 15 is 0 Å². The number of hydrogen-bond acceptors (Lipinski definition) is 7. The summed E-state index contributed by atoms with van der Waals surface area (Å²) >= 11 is 0. The summed E-state index contributed by atoms with van der Waals surface area (Å²) in [4.78, 5) is 30.7. The van der Waals surface area contributed by atoms with E-state index in [4.69, 9.17) is 15.0 Å². The van der Waals surface area contributed by atoms with Crippen LogP contribution in [-0.2, 0) is 16.0 Å². The van der Waals surface area contributed by atoms with Gasteiger partial charge in [-0.25, -0.2) is 9.18 Å². The first-order chi connectivity index (χ1) is 16.5. The van der Waals surface area contributed by atoms with Crippen molar-refractivity contribution in [3.63, 3.8) is 0 Å². The van der Waals surface area contributed by atoms with E-state index < -0.39 is 17.2 Å². The number of piperazine rings is 1. The lowest BCUT2D eigenvalue weighted by Gasteiger charge is -2.36. The van der Waals surface area contributed by atoms with Gasteiger partial charge in [-0.1, -0.05) is 5.11 Å². The zero-order chi connectivity index (χ0) is 24.5. The van der Waals surface area contributed by atoms with E-state index in [-0.39, 0.29) is 10.9 Å². The van der Waals surface area contributed by atoms with Crippen LogP contribution in [0.25, 0.3) is 21.3 Å². The second kappa shape index (κ2) is 12.3. The lowest BCUT2D eigenvalue weighted by atomic mass is 10.1. The molecule has 1 fully saturated rings. The summed E-state index contributed by atoms with van der Waals surface area (Å²) in [5, 5.41) is 12.7. The van der Waals surface area contributed by atoms with Crippen LogP contribution in [0.15, 0.2) is 28.2 Å². The summed E-state index contributed by atoms with van der Waals surface area (Å²) in [5.41, 5.74) is 8.07. The average molecular weight is 477 g/mol. The summed E-state index contributed by atoms with van der Waals surface area (Å²) in [6.45, 7) is 7.89. The molecule has 0 aliphatic carbocycles. The van der Waals surface area contributed by atoms with Crippen LogP contribution in [-0.4, -0.2) is 86.2 Å². The number of benzene rings is 1. The van der Waals surface area contributed by atoms with Crippen LogP contribution >= 0.6 is 0 Å². The predicted octanol–water partition coefficient (Wildman–Crippen LogP) is 2.32. The van der Waals surface area contributed by atoms with Crippen molar-refractivity contribution in [1.29, 1.82) is 0 Å². The van der Waals surface area contributed by atoms with Gasteiger partial charge in [-0.05, 0) is 24.6 Å². The fourth-order valence-electron chi connectivity index (χ4n) is 3.93. The Hall–Kier alpha value is -3.18. The SMILES string of the molecule is CCn1cc(C(=O)O)c(=O)c2cc(F)c(N3CCN(CCOCCOCCN=[N+]=[N-])CC3)cc21. The Morgan fingerprint density at radius 1 is 1.18 bits per heavy atom. The maximum absolute atomic E-state index is 15.0. The topological polar surface area (TPSA) is 133 Å². The van der Waals surface area contributed by atoms with Gasteiger partial charge >= 0.3 is 5.97 Å². The molecular weight excluding hydrogens is 447 g/mol. The van der Waals surface area contributed by atoms with Crippen LogP contribution in [0.4, 0.5) is 10.1 Å². The minimum Gasteiger partial charge on any atom is -0.477 e. The Morgan fingerprint density at radius 3 is 2.53 bits per heavy atom. The van der Waals surface area contributed by atoms with Crippen LogP contribution in [0.3, 0.4) is 0 Å². The third-order valence-electron chi connectivity index (χ3n) is 5.76. The number of aryl methyl sites for hydroxylation is 1. The third kappa shape index (κ3) is 6.23. The molecule has 0 bridgehead atoms. The first-order valence-electron chi connectivity index (χ1n) is 11.2. The molecule has 0 amide bonds. The highest BCUT2D eigenvalue weighted by Crippen LogP contribution is 2.26. The maximum Gasteiger partial charge on any atom is 0.341 e. The Balaban J connectivity index is 1.55. The molecule has 34 heavy (non-hydrogen) atoms. The number of azide groups is 1. The number of ether oxygens (including phenoxy) is 2. The van der Waals surface area contributed by atoms with Gasteiger partial charge in [0.2, 0.25) is 5.43 Å². The van der Waals surface area contributed by atoms with Gasteiger partial charge in [0, 0.05) is 62.3 Å². The number of carbonyl (C=O) groups is 1. The molecule has 11 nitrogen and oxygen atoms in total. The van der Waals surface area contributed by atoms with Crippen molar-refractivity contribution in [3.05, 3.63) is 50.4 Å². The monoisotopic (exact) mass is 476 g/mol. The Bertz CT molecular complexity index is 1110. The highest BCUT2D eigenvalue weighted by atomic mass is 19.1. The lowest BCUT2D eigenvalue weighted by Crippen LogP contribution is -2.47. The first-order valence-corrected chi connectivity index (χ1v) is 11.2. The van der Waals surface area contributed by atoms with Gasteiger partial charge in [-0.3, -0.25) is 9.69 Å². The van der Waals surface area contributed by atoms with E-state index in [2.05, 4.69) is 14.9 Å². The number of nitrogens with zero attached hydrogens (tertiary/aromatic N) is 6. The fourth-order valence-corrected chi connectivity index (χ4v) is 3.93. The standard InChI is InChI=1S/C22H29FN6O5/c1-2-28-15-17(22(31)32)21(30)16-13-18(23)20(14-19(16)28)29-6-4-27(5-7-29)8-10-34-12-11-33-9-3-25-26-24/h13-15H,2-12H2,1H3,(H,31,32). The third-order valence-corrected chi connectivity index (χ3v) is 5.76. The number of carboxylic acid groups (broad SMARTS) is 1. The molecule has 1 N–H and O–H groups in total. The van der Waals surface area contributed by atoms with Crippen molar-refractivity contribution in [3.8, 4) is 0 Å². The number of aromatic nitrogens is 1.